The lowest BCUT2D eigenvalue weighted by atomic mass is 10.0. The number of hydrogen-bond donors (Lipinski definition) is 1. The summed E-state index contributed by atoms with van der Waals surface area (Å²) < 4.78 is 38.6. The molecule has 23 heavy (non-hydrogen) atoms. The summed E-state index contributed by atoms with van der Waals surface area (Å²) in [5.74, 6) is 0.443. The predicted molar refractivity (Wildman–Crippen MR) is 81.9 cm³/mol. The molecule has 0 bridgehead atoms. The van der Waals surface area contributed by atoms with Gasteiger partial charge in [0.25, 0.3) is 0 Å². The molecule has 4 nitrogen and oxygen atoms in total. The van der Waals surface area contributed by atoms with Crippen LogP contribution in [0.3, 0.4) is 0 Å². The van der Waals surface area contributed by atoms with Crippen LogP contribution in [0.4, 0.5) is 13.2 Å². The number of benzene rings is 1. The summed E-state index contributed by atoms with van der Waals surface area (Å²) in [7, 11) is 1.44. The molecule has 8 heteroatoms. The number of nitrogens with one attached hydrogen (secondary N) is 1. The molecule has 2 amide bonds. The highest BCUT2D eigenvalue weighted by Crippen LogP contribution is 2.34. The number of rotatable bonds is 3. The minimum absolute atomic E-state index is 0.295. The van der Waals surface area contributed by atoms with Crippen LogP contribution in [0.2, 0.25) is 0 Å². The molecule has 1 N–H and O–H groups in total. The van der Waals surface area contributed by atoms with E-state index >= 15 is 0 Å². The molecule has 2 rings (SSSR count). The van der Waals surface area contributed by atoms with Gasteiger partial charge >= 0.3 is 6.18 Å². The normalized spacial score (nSPS) is 18.6. The van der Waals surface area contributed by atoms with Crippen LogP contribution in [0.1, 0.15) is 23.6 Å². The third-order valence-electron chi connectivity index (χ3n) is 3.64. The van der Waals surface area contributed by atoms with E-state index in [4.69, 9.17) is 0 Å². The maximum Gasteiger partial charge on any atom is 0.416 e. The van der Waals surface area contributed by atoms with Crippen molar-refractivity contribution in [2.24, 2.45) is 0 Å². The van der Waals surface area contributed by atoms with Gasteiger partial charge < -0.3 is 10.2 Å². The quantitative estimate of drug-likeness (QED) is 0.856. The first kappa shape index (κ1) is 17.7. The van der Waals surface area contributed by atoms with E-state index in [1.807, 2.05) is 0 Å². The zero-order valence-electron chi connectivity index (χ0n) is 12.5. The summed E-state index contributed by atoms with van der Waals surface area (Å²) in [5.41, 5.74) is -0.290. The van der Waals surface area contributed by atoms with Crippen molar-refractivity contribution in [1.82, 2.24) is 10.2 Å². The Hall–Kier alpha value is -1.70. The van der Waals surface area contributed by atoms with E-state index in [1.54, 1.807) is 17.8 Å². The SMILES string of the molecule is CNC(=O)CC(=O)N1CCSC[C@@H]1c1cccc(C(F)(F)F)c1. The van der Waals surface area contributed by atoms with Crippen molar-refractivity contribution in [2.45, 2.75) is 18.6 Å². The van der Waals surface area contributed by atoms with E-state index in [9.17, 15) is 22.8 Å². The zero-order valence-corrected chi connectivity index (χ0v) is 13.3. The smallest absolute Gasteiger partial charge is 0.359 e. The van der Waals surface area contributed by atoms with Crippen molar-refractivity contribution in [3.63, 3.8) is 0 Å². The second-order valence-corrected chi connectivity index (χ2v) is 6.30. The summed E-state index contributed by atoms with van der Waals surface area (Å²) in [5, 5.41) is 2.38. The first-order valence-corrected chi connectivity index (χ1v) is 8.23. The lowest BCUT2D eigenvalue weighted by molar-refractivity contribution is -0.137. The molecule has 0 saturated carbocycles. The number of alkyl halides is 3. The molecule has 0 aliphatic carbocycles. The van der Waals surface area contributed by atoms with Crippen molar-refractivity contribution in [1.29, 1.82) is 0 Å². The minimum Gasteiger partial charge on any atom is -0.359 e. The van der Waals surface area contributed by atoms with Crippen molar-refractivity contribution in [2.75, 3.05) is 25.1 Å². The number of amides is 2. The van der Waals surface area contributed by atoms with E-state index < -0.39 is 23.7 Å². The van der Waals surface area contributed by atoms with E-state index in [0.29, 0.717) is 23.6 Å². The molecule has 1 saturated heterocycles. The van der Waals surface area contributed by atoms with Crippen LogP contribution < -0.4 is 5.32 Å². The van der Waals surface area contributed by atoms with Gasteiger partial charge in [-0.15, -0.1) is 0 Å². The molecule has 0 radical (unpaired) electrons. The van der Waals surface area contributed by atoms with E-state index in [2.05, 4.69) is 5.32 Å². The van der Waals surface area contributed by atoms with Crippen LogP contribution in [0, 0.1) is 0 Å². The monoisotopic (exact) mass is 346 g/mol. The summed E-state index contributed by atoms with van der Waals surface area (Å²) in [6.45, 7) is 0.418. The Bertz CT molecular complexity index is 592. The number of hydrogen-bond acceptors (Lipinski definition) is 3. The summed E-state index contributed by atoms with van der Waals surface area (Å²) in [6.07, 6.45) is -4.72. The maximum atomic E-state index is 12.9. The van der Waals surface area contributed by atoms with Crippen LogP contribution in [0.15, 0.2) is 24.3 Å². The van der Waals surface area contributed by atoms with E-state index in [-0.39, 0.29) is 12.3 Å². The van der Waals surface area contributed by atoms with Crippen molar-refractivity contribution in [3.05, 3.63) is 35.4 Å². The molecule has 126 valence electrons. The van der Waals surface area contributed by atoms with Crippen LogP contribution in [0.25, 0.3) is 0 Å². The Labute approximate surface area is 136 Å². The summed E-state index contributed by atoms with van der Waals surface area (Å²) in [6, 6.07) is 4.57. The molecule has 0 spiro atoms. The van der Waals surface area contributed by atoms with Crippen molar-refractivity contribution >= 4 is 23.6 Å². The standard InChI is InChI=1S/C15H17F3N2O2S/c1-19-13(21)8-14(22)20-5-6-23-9-12(20)10-3-2-4-11(7-10)15(16,17)18/h2-4,7,12H,5-6,8-9H2,1H3,(H,19,21)/t12-/m1/s1. The average Bonchev–Trinajstić information content (AvgIpc) is 2.54. The molecular weight excluding hydrogens is 329 g/mol. The minimum atomic E-state index is -4.42. The highest BCUT2D eigenvalue weighted by atomic mass is 32.2. The fourth-order valence-electron chi connectivity index (χ4n) is 2.43. The Balaban J connectivity index is 2.24. The van der Waals surface area contributed by atoms with E-state index in [0.717, 1.165) is 12.1 Å². The lowest BCUT2D eigenvalue weighted by Crippen LogP contribution is -2.42. The third-order valence-corrected chi connectivity index (χ3v) is 4.66. The van der Waals surface area contributed by atoms with Gasteiger partial charge in [-0.25, -0.2) is 0 Å². The number of carbonyl (C=O) groups is 2. The average molecular weight is 346 g/mol. The topological polar surface area (TPSA) is 49.4 Å². The lowest BCUT2D eigenvalue weighted by Gasteiger charge is -2.36. The van der Waals surface area contributed by atoms with Crippen molar-refractivity contribution in [3.8, 4) is 0 Å². The van der Waals surface area contributed by atoms with Crippen LogP contribution in [-0.2, 0) is 15.8 Å². The zero-order chi connectivity index (χ0) is 17.0. The number of nitrogens with zero attached hydrogens (tertiary/aromatic N) is 1. The van der Waals surface area contributed by atoms with Gasteiger partial charge in [-0.05, 0) is 17.7 Å². The van der Waals surface area contributed by atoms with Crippen LogP contribution in [0.5, 0.6) is 0 Å². The molecule has 1 atom stereocenters. The van der Waals surface area contributed by atoms with Gasteiger partial charge in [0.1, 0.15) is 6.42 Å². The summed E-state index contributed by atoms with van der Waals surface area (Å²) >= 11 is 1.58. The predicted octanol–water partition coefficient (Wildman–Crippen LogP) is 2.46. The molecule has 0 aromatic heterocycles. The second kappa shape index (κ2) is 7.25. The highest BCUT2D eigenvalue weighted by molar-refractivity contribution is 7.99. The Morgan fingerprint density at radius 3 is 2.78 bits per heavy atom. The van der Waals surface area contributed by atoms with Gasteiger partial charge in [0, 0.05) is 25.1 Å². The number of halogens is 3. The molecular formula is C15H17F3N2O2S. The van der Waals surface area contributed by atoms with E-state index in [1.165, 1.54) is 18.0 Å². The molecule has 1 heterocycles. The first-order chi connectivity index (χ1) is 10.8. The Morgan fingerprint density at radius 2 is 2.13 bits per heavy atom. The molecule has 0 unspecified atom stereocenters. The van der Waals surface area contributed by atoms with Gasteiger partial charge in [0.2, 0.25) is 11.8 Å². The Kier molecular flexibility index (Phi) is 5.56. The molecule has 1 fully saturated rings. The van der Waals surface area contributed by atoms with Gasteiger partial charge in [0.15, 0.2) is 0 Å². The van der Waals surface area contributed by atoms with Gasteiger partial charge in [-0.3, -0.25) is 9.59 Å². The highest BCUT2D eigenvalue weighted by Gasteiger charge is 2.33. The molecule has 1 aromatic carbocycles. The molecule has 1 aliphatic heterocycles. The third kappa shape index (κ3) is 4.40. The van der Waals surface area contributed by atoms with Gasteiger partial charge in [-0.1, -0.05) is 12.1 Å². The maximum absolute atomic E-state index is 12.9. The van der Waals surface area contributed by atoms with Crippen molar-refractivity contribution < 1.29 is 22.8 Å². The number of carbonyl (C=O) groups excluding carboxylic acids is 2. The van der Waals surface area contributed by atoms with Gasteiger partial charge in [0.05, 0.1) is 11.6 Å². The number of thioether (sulfide) groups is 1. The molecule has 1 aliphatic rings. The Morgan fingerprint density at radius 1 is 1.39 bits per heavy atom. The fourth-order valence-corrected chi connectivity index (χ4v) is 3.52. The second-order valence-electron chi connectivity index (χ2n) is 5.15. The first-order valence-electron chi connectivity index (χ1n) is 7.08. The van der Waals surface area contributed by atoms with Gasteiger partial charge in [-0.2, -0.15) is 24.9 Å². The van der Waals surface area contributed by atoms with Crippen LogP contribution >= 0.6 is 11.8 Å². The van der Waals surface area contributed by atoms with Crippen LogP contribution in [-0.4, -0.2) is 41.8 Å². The molecule has 1 aromatic rings. The fraction of sp³-hybridized carbons (Fsp3) is 0.467. The largest absolute Gasteiger partial charge is 0.416 e. The summed E-state index contributed by atoms with van der Waals surface area (Å²) in [4.78, 5) is 25.1.